The Morgan fingerprint density at radius 3 is 2.35 bits per heavy atom. The van der Waals surface area contributed by atoms with Crippen LogP contribution in [0, 0.1) is 0 Å². The van der Waals surface area contributed by atoms with Crippen molar-refractivity contribution in [2.45, 2.75) is 20.3 Å². The van der Waals surface area contributed by atoms with E-state index in [9.17, 15) is 5.11 Å². The molecular weight excluding hydrogens is 214 g/mol. The van der Waals surface area contributed by atoms with Crippen LogP contribution in [0.5, 0.6) is 0 Å². The normalized spacial score (nSPS) is 13.3. The van der Waals surface area contributed by atoms with E-state index in [1.807, 2.05) is 43.3 Å². The third-order valence-electron chi connectivity index (χ3n) is 2.38. The molecule has 0 fully saturated rings. The summed E-state index contributed by atoms with van der Waals surface area (Å²) in [6, 6.07) is 7.62. The Labute approximate surface area is 99.9 Å². The van der Waals surface area contributed by atoms with Crippen LogP contribution in [0.2, 0.25) is 0 Å². The molecular formula is C13H15N3O. The maximum atomic E-state index is 9.64. The van der Waals surface area contributed by atoms with E-state index in [0.29, 0.717) is 5.70 Å². The monoisotopic (exact) mass is 229 g/mol. The zero-order chi connectivity index (χ0) is 12.3. The molecule has 1 aromatic heterocycles. The van der Waals surface area contributed by atoms with E-state index in [0.717, 1.165) is 17.5 Å². The minimum Gasteiger partial charge on any atom is -0.510 e. The average molecular weight is 229 g/mol. The second kappa shape index (κ2) is 4.82. The SMILES string of the molecule is CC/C=C\C(=C(/C)O)n1nc2ccccc2n1. The molecule has 1 aromatic carbocycles. The van der Waals surface area contributed by atoms with E-state index in [1.165, 1.54) is 4.80 Å². The van der Waals surface area contributed by atoms with E-state index < -0.39 is 0 Å². The van der Waals surface area contributed by atoms with Gasteiger partial charge in [-0.3, -0.25) is 0 Å². The third kappa shape index (κ3) is 2.36. The van der Waals surface area contributed by atoms with Crippen LogP contribution in [0.4, 0.5) is 0 Å². The Kier molecular flexibility index (Phi) is 3.23. The molecule has 0 unspecified atom stereocenters. The van der Waals surface area contributed by atoms with Crippen LogP contribution in [-0.2, 0) is 0 Å². The Hall–Kier alpha value is -2.10. The first-order valence-electron chi connectivity index (χ1n) is 5.61. The lowest BCUT2D eigenvalue weighted by atomic mass is 10.3. The molecule has 0 aliphatic rings. The molecule has 0 saturated heterocycles. The van der Waals surface area contributed by atoms with Crippen molar-refractivity contribution in [3.63, 3.8) is 0 Å². The van der Waals surface area contributed by atoms with Gasteiger partial charge in [-0.1, -0.05) is 25.1 Å². The van der Waals surface area contributed by atoms with Crippen molar-refractivity contribution in [1.29, 1.82) is 0 Å². The lowest BCUT2D eigenvalue weighted by Crippen LogP contribution is -2.01. The molecule has 1 N–H and O–H groups in total. The molecule has 4 heteroatoms. The number of benzene rings is 1. The van der Waals surface area contributed by atoms with Gasteiger partial charge in [0.1, 0.15) is 22.5 Å². The van der Waals surface area contributed by atoms with Crippen molar-refractivity contribution in [2.24, 2.45) is 0 Å². The number of allylic oxidation sites excluding steroid dienone is 4. The van der Waals surface area contributed by atoms with Crippen LogP contribution in [0.25, 0.3) is 16.7 Å². The molecule has 2 aromatic rings. The summed E-state index contributed by atoms with van der Waals surface area (Å²) in [5.41, 5.74) is 2.23. The van der Waals surface area contributed by atoms with Gasteiger partial charge in [-0.25, -0.2) is 0 Å². The summed E-state index contributed by atoms with van der Waals surface area (Å²) in [4.78, 5) is 1.46. The Morgan fingerprint density at radius 2 is 1.88 bits per heavy atom. The molecule has 4 nitrogen and oxygen atoms in total. The number of aromatic nitrogens is 3. The third-order valence-corrected chi connectivity index (χ3v) is 2.38. The van der Waals surface area contributed by atoms with Crippen molar-refractivity contribution in [3.05, 3.63) is 42.2 Å². The maximum Gasteiger partial charge on any atom is 0.122 e. The van der Waals surface area contributed by atoms with Gasteiger partial charge in [-0.05, 0) is 31.6 Å². The van der Waals surface area contributed by atoms with E-state index in [2.05, 4.69) is 10.2 Å². The number of hydrogen-bond donors (Lipinski definition) is 1. The van der Waals surface area contributed by atoms with Crippen molar-refractivity contribution in [2.75, 3.05) is 0 Å². The Balaban J connectivity index is 2.50. The van der Waals surface area contributed by atoms with E-state index in [4.69, 9.17) is 0 Å². The van der Waals surface area contributed by atoms with Gasteiger partial charge in [0, 0.05) is 0 Å². The largest absolute Gasteiger partial charge is 0.510 e. The van der Waals surface area contributed by atoms with Gasteiger partial charge in [0.05, 0.1) is 0 Å². The molecule has 0 aliphatic heterocycles. The first-order chi connectivity index (χ1) is 8.22. The Morgan fingerprint density at radius 1 is 1.29 bits per heavy atom. The van der Waals surface area contributed by atoms with Crippen LogP contribution >= 0.6 is 0 Å². The van der Waals surface area contributed by atoms with Gasteiger partial charge in [0.15, 0.2) is 0 Å². The van der Waals surface area contributed by atoms with Gasteiger partial charge >= 0.3 is 0 Å². The van der Waals surface area contributed by atoms with Gasteiger partial charge in [0.2, 0.25) is 0 Å². The van der Waals surface area contributed by atoms with Crippen LogP contribution in [-0.4, -0.2) is 20.1 Å². The summed E-state index contributed by atoms with van der Waals surface area (Å²) in [5.74, 6) is 0.204. The summed E-state index contributed by atoms with van der Waals surface area (Å²) in [5, 5.41) is 18.3. The maximum absolute atomic E-state index is 9.64. The molecule has 88 valence electrons. The topological polar surface area (TPSA) is 50.9 Å². The molecule has 2 rings (SSSR count). The average Bonchev–Trinajstić information content (AvgIpc) is 2.72. The number of fused-ring (bicyclic) bond motifs is 1. The molecule has 0 spiro atoms. The summed E-state index contributed by atoms with van der Waals surface area (Å²) >= 11 is 0. The first kappa shape index (κ1) is 11.4. The van der Waals surface area contributed by atoms with Crippen LogP contribution in [0.3, 0.4) is 0 Å². The molecule has 0 aliphatic carbocycles. The number of hydrogen-bond acceptors (Lipinski definition) is 3. The summed E-state index contributed by atoms with van der Waals surface area (Å²) in [6.07, 6.45) is 4.69. The lowest BCUT2D eigenvalue weighted by Gasteiger charge is -2.01. The van der Waals surface area contributed by atoms with Gasteiger partial charge in [-0.15, -0.1) is 15.0 Å². The number of nitrogens with zero attached hydrogens (tertiary/aromatic N) is 3. The second-order valence-corrected chi connectivity index (χ2v) is 3.76. The van der Waals surface area contributed by atoms with Crippen molar-refractivity contribution < 1.29 is 5.11 Å². The standard InChI is InChI=1S/C13H15N3O/c1-3-4-9-13(10(2)17)16-14-11-7-5-6-8-12(11)15-16/h4-9,17H,3H2,1-2H3/b9-4-,13-10-. The van der Waals surface area contributed by atoms with E-state index in [1.54, 1.807) is 6.92 Å². The predicted molar refractivity (Wildman–Crippen MR) is 68.5 cm³/mol. The van der Waals surface area contributed by atoms with Gasteiger partial charge in [-0.2, -0.15) is 0 Å². The highest BCUT2D eigenvalue weighted by atomic mass is 16.3. The van der Waals surface area contributed by atoms with E-state index >= 15 is 0 Å². The fourth-order valence-electron chi connectivity index (χ4n) is 1.53. The zero-order valence-electron chi connectivity index (χ0n) is 9.96. The van der Waals surface area contributed by atoms with Crippen molar-refractivity contribution in [3.8, 4) is 0 Å². The summed E-state index contributed by atoms with van der Waals surface area (Å²) in [7, 11) is 0. The van der Waals surface area contributed by atoms with Crippen LogP contribution in [0.15, 0.2) is 42.2 Å². The first-order valence-corrected chi connectivity index (χ1v) is 5.61. The fraction of sp³-hybridized carbons (Fsp3) is 0.231. The number of aliphatic hydroxyl groups is 1. The summed E-state index contributed by atoms with van der Waals surface area (Å²) < 4.78 is 0. The lowest BCUT2D eigenvalue weighted by molar-refractivity contribution is 0.412. The van der Waals surface area contributed by atoms with Crippen molar-refractivity contribution >= 4 is 16.7 Å². The highest BCUT2D eigenvalue weighted by molar-refractivity contribution is 5.74. The number of aliphatic hydroxyl groups excluding tert-OH is 1. The van der Waals surface area contributed by atoms with Crippen molar-refractivity contribution in [1.82, 2.24) is 15.0 Å². The molecule has 17 heavy (non-hydrogen) atoms. The van der Waals surface area contributed by atoms with E-state index in [-0.39, 0.29) is 5.76 Å². The van der Waals surface area contributed by atoms with Crippen LogP contribution < -0.4 is 0 Å². The fourth-order valence-corrected chi connectivity index (χ4v) is 1.53. The number of rotatable bonds is 3. The smallest absolute Gasteiger partial charge is 0.122 e. The molecule has 0 saturated carbocycles. The Bertz CT molecular complexity index is 544. The highest BCUT2D eigenvalue weighted by Gasteiger charge is 2.06. The minimum atomic E-state index is 0.204. The molecule has 0 atom stereocenters. The highest BCUT2D eigenvalue weighted by Crippen LogP contribution is 2.13. The summed E-state index contributed by atoms with van der Waals surface area (Å²) in [6.45, 7) is 3.66. The molecule has 0 bridgehead atoms. The van der Waals surface area contributed by atoms with Crippen LogP contribution in [0.1, 0.15) is 20.3 Å². The quantitative estimate of drug-likeness (QED) is 0.649. The molecule has 1 heterocycles. The molecule has 0 amide bonds. The second-order valence-electron chi connectivity index (χ2n) is 3.76. The molecule has 0 radical (unpaired) electrons. The zero-order valence-corrected chi connectivity index (χ0v) is 9.96. The predicted octanol–water partition coefficient (Wildman–Crippen LogP) is 3.14. The minimum absolute atomic E-state index is 0.204. The van der Waals surface area contributed by atoms with Gasteiger partial charge < -0.3 is 5.11 Å². The van der Waals surface area contributed by atoms with Gasteiger partial charge in [0.25, 0.3) is 0 Å².